The van der Waals surface area contributed by atoms with Crippen molar-refractivity contribution in [2.75, 3.05) is 25.4 Å². The SMILES string of the molecule is Nc1ncccc1CN1C[C@H](c2ccc(F)cc2)[C@@H]2[C@H]1C1CCN2CC1. The molecule has 2 bridgehead atoms. The third-order valence-corrected chi connectivity index (χ3v) is 6.69. The zero-order valence-electron chi connectivity index (χ0n) is 14.9. The number of hydrogen-bond donors (Lipinski definition) is 1. The van der Waals surface area contributed by atoms with E-state index in [2.05, 4.69) is 20.9 Å². The van der Waals surface area contributed by atoms with Crippen LogP contribution < -0.4 is 5.73 Å². The Hall–Kier alpha value is -1.98. The van der Waals surface area contributed by atoms with Crippen LogP contribution in [0.4, 0.5) is 10.2 Å². The third kappa shape index (κ3) is 2.61. The predicted molar refractivity (Wildman–Crippen MR) is 100 cm³/mol. The Morgan fingerprint density at radius 3 is 2.58 bits per heavy atom. The van der Waals surface area contributed by atoms with Gasteiger partial charge in [-0.15, -0.1) is 0 Å². The second-order valence-corrected chi connectivity index (χ2v) is 7.99. The van der Waals surface area contributed by atoms with Crippen molar-refractivity contribution in [2.45, 2.75) is 37.4 Å². The summed E-state index contributed by atoms with van der Waals surface area (Å²) in [6.07, 6.45) is 4.33. The number of nitrogen functional groups attached to an aromatic ring is 1. The lowest BCUT2D eigenvalue weighted by molar-refractivity contribution is -0.00866. The van der Waals surface area contributed by atoms with E-state index in [0.29, 0.717) is 23.8 Å². The molecule has 2 N–H and O–H groups in total. The number of fused-ring (bicyclic) bond motifs is 2. The highest BCUT2D eigenvalue weighted by Crippen LogP contribution is 2.47. The molecule has 6 rings (SSSR count). The Bertz CT molecular complexity index is 785. The summed E-state index contributed by atoms with van der Waals surface area (Å²) in [6.45, 7) is 4.25. The van der Waals surface area contributed by atoms with E-state index in [0.717, 1.165) is 24.6 Å². The summed E-state index contributed by atoms with van der Waals surface area (Å²) in [5.74, 6) is 1.67. The molecule has 0 radical (unpaired) electrons. The number of anilines is 1. The fraction of sp³-hybridized carbons (Fsp3) is 0.476. The van der Waals surface area contributed by atoms with Gasteiger partial charge in [-0.25, -0.2) is 9.37 Å². The summed E-state index contributed by atoms with van der Waals surface area (Å²) in [7, 11) is 0. The van der Waals surface area contributed by atoms with Crippen LogP contribution in [0.1, 0.15) is 29.9 Å². The van der Waals surface area contributed by atoms with E-state index < -0.39 is 0 Å². The van der Waals surface area contributed by atoms with Gasteiger partial charge in [-0.05, 0) is 55.6 Å². The van der Waals surface area contributed by atoms with Gasteiger partial charge in [-0.2, -0.15) is 0 Å². The summed E-state index contributed by atoms with van der Waals surface area (Å²) in [5, 5.41) is 0. The van der Waals surface area contributed by atoms with Crippen molar-refractivity contribution in [2.24, 2.45) is 5.92 Å². The number of nitrogens with zero attached hydrogens (tertiary/aromatic N) is 3. The number of rotatable bonds is 3. The molecule has 4 fully saturated rings. The van der Waals surface area contributed by atoms with Crippen molar-refractivity contribution in [1.29, 1.82) is 0 Å². The number of nitrogens with two attached hydrogens (primary N) is 1. The van der Waals surface area contributed by atoms with E-state index >= 15 is 0 Å². The first kappa shape index (κ1) is 16.2. The average molecular weight is 352 g/mol. The van der Waals surface area contributed by atoms with Gasteiger partial charge in [0.2, 0.25) is 0 Å². The molecule has 1 aromatic heterocycles. The second-order valence-electron chi connectivity index (χ2n) is 7.99. The Morgan fingerprint density at radius 1 is 1.08 bits per heavy atom. The summed E-state index contributed by atoms with van der Waals surface area (Å²) in [5.41, 5.74) is 8.49. The molecule has 4 aliphatic rings. The van der Waals surface area contributed by atoms with E-state index in [4.69, 9.17) is 5.73 Å². The number of pyridine rings is 1. The van der Waals surface area contributed by atoms with Crippen molar-refractivity contribution in [3.63, 3.8) is 0 Å². The molecule has 1 aromatic carbocycles. The molecule has 4 aliphatic heterocycles. The number of piperidine rings is 3. The van der Waals surface area contributed by atoms with Gasteiger partial charge in [-0.3, -0.25) is 9.80 Å². The van der Waals surface area contributed by atoms with Crippen molar-refractivity contribution in [3.05, 3.63) is 59.5 Å². The maximum absolute atomic E-state index is 13.4. The molecular formula is C21H25FN4. The van der Waals surface area contributed by atoms with E-state index in [1.54, 1.807) is 18.3 Å². The Kier molecular flexibility index (Phi) is 3.94. The predicted octanol–water partition coefficient (Wildman–Crippen LogP) is 2.87. The number of likely N-dealkylation sites (tertiary alicyclic amines) is 1. The van der Waals surface area contributed by atoms with E-state index in [9.17, 15) is 4.39 Å². The first-order valence-corrected chi connectivity index (χ1v) is 9.63. The van der Waals surface area contributed by atoms with Crippen molar-refractivity contribution >= 4 is 5.82 Å². The van der Waals surface area contributed by atoms with Crippen LogP contribution in [0.3, 0.4) is 0 Å². The standard InChI is InChI=1S/C21H25FN4/c22-17-5-3-14(4-6-17)18-13-26(12-16-2-1-9-24-21(16)23)19-15-7-10-25(11-8-15)20(18)19/h1-6,9,15,18-20H,7-8,10-13H2,(H2,23,24)/t18-,19-,20-/m1/s1. The van der Waals surface area contributed by atoms with Crippen molar-refractivity contribution < 1.29 is 4.39 Å². The second kappa shape index (κ2) is 6.32. The molecule has 0 amide bonds. The maximum atomic E-state index is 13.4. The summed E-state index contributed by atoms with van der Waals surface area (Å²) in [4.78, 5) is 9.54. The minimum Gasteiger partial charge on any atom is -0.383 e. The summed E-state index contributed by atoms with van der Waals surface area (Å²) in [6, 6.07) is 12.3. The van der Waals surface area contributed by atoms with Gasteiger partial charge in [0.25, 0.3) is 0 Å². The summed E-state index contributed by atoms with van der Waals surface area (Å²) < 4.78 is 13.4. The number of benzene rings is 1. The largest absolute Gasteiger partial charge is 0.383 e. The fourth-order valence-electron chi connectivity index (χ4n) is 5.53. The normalized spacial score (nSPS) is 33.3. The van der Waals surface area contributed by atoms with E-state index in [-0.39, 0.29) is 5.82 Å². The van der Waals surface area contributed by atoms with E-state index in [1.165, 1.54) is 31.5 Å². The lowest BCUT2D eigenvalue weighted by Gasteiger charge is -2.51. The van der Waals surface area contributed by atoms with Crippen molar-refractivity contribution in [1.82, 2.24) is 14.8 Å². The molecule has 136 valence electrons. The van der Waals surface area contributed by atoms with Crippen LogP contribution in [0, 0.1) is 11.7 Å². The Morgan fingerprint density at radius 2 is 1.85 bits per heavy atom. The van der Waals surface area contributed by atoms with Gasteiger partial charge in [0, 0.05) is 42.9 Å². The summed E-state index contributed by atoms with van der Waals surface area (Å²) >= 11 is 0. The fourth-order valence-corrected chi connectivity index (χ4v) is 5.53. The molecule has 4 saturated heterocycles. The van der Waals surface area contributed by atoms with Crippen LogP contribution in [0.25, 0.3) is 0 Å². The first-order chi connectivity index (χ1) is 12.7. The molecular weight excluding hydrogens is 327 g/mol. The molecule has 5 heteroatoms. The molecule has 5 heterocycles. The Balaban J connectivity index is 1.48. The molecule has 26 heavy (non-hydrogen) atoms. The van der Waals surface area contributed by atoms with Crippen LogP contribution in [-0.2, 0) is 6.54 Å². The minimum absolute atomic E-state index is 0.159. The highest BCUT2D eigenvalue weighted by molar-refractivity contribution is 5.39. The van der Waals surface area contributed by atoms with Gasteiger partial charge < -0.3 is 5.73 Å². The molecule has 3 atom stereocenters. The molecule has 0 aliphatic carbocycles. The smallest absolute Gasteiger partial charge is 0.127 e. The van der Waals surface area contributed by atoms with Crippen molar-refractivity contribution in [3.8, 4) is 0 Å². The lowest BCUT2D eigenvalue weighted by Crippen LogP contribution is -2.60. The van der Waals surface area contributed by atoms with Gasteiger partial charge >= 0.3 is 0 Å². The number of aromatic nitrogens is 1. The number of hydrogen-bond acceptors (Lipinski definition) is 4. The van der Waals surface area contributed by atoms with Crippen LogP contribution in [0.15, 0.2) is 42.6 Å². The van der Waals surface area contributed by atoms with Gasteiger partial charge in [0.15, 0.2) is 0 Å². The zero-order valence-corrected chi connectivity index (χ0v) is 14.9. The first-order valence-electron chi connectivity index (χ1n) is 9.63. The highest BCUT2D eigenvalue weighted by atomic mass is 19.1. The van der Waals surface area contributed by atoms with Crippen LogP contribution in [0.5, 0.6) is 0 Å². The van der Waals surface area contributed by atoms with Gasteiger partial charge in [-0.1, -0.05) is 18.2 Å². The molecule has 0 spiro atoms. The van der Waals surface area contributed by atoms with Crippen LogP contribution in [-0.4, -0.2) is 46.5 Å². The van der Waals surface area contributed by atoms with Gasteiger partial charge in [0.05, 0.1) is 0 Å². The average Bonchev–Trinajstić information content (AvgIpc) is 3.07. The number of halogens is 1. The van der Waals surface area contributed by atoms with Gasteiger partial charge in [0.1, 0.15) is 11.6 Å². The maximum Gasteiger partial charge on any atom is 0.127 e. The molecule has 2 aromatic rings. The topological polar surface area (TPSA) is 45.4 Å². The lowest BCUT2D eigenvalue weighted by atomic mass is 9.75. The monoisotopic (exact) mass is 352 g/mol. The quantitative estimate of drug-likeness (QED) is 0.923. The van der Waals surface area contributed by atoms with Crippen LogP contribution in [0.2, 0.25) is 0 Å². The highest BCUT2D eigenvalue weighted by Gasteiger charge is 2.53. The van der Waals surface area contributed by atoms with Crippen LogP contribution >= 0.6 is 0 Å². The molecule has 0 saturated carbocycles. The van der Waals surface area contributed by atoms with E-state index in [1.807, 2.05) is 18.2 Å². The zero-order chi connectivity index (χ0) is 17.7. The molecule has 0 unspecified atom stereocenters. The molecule has 4 nitrogen and oxygen atoms in total. The third-order valence-electron chi connectivity index (χ3n) is 6.69. The minimum atomic E-state index is -0.159. The Labute approximate surface area is 153 Å².